The Morgan fingerprint density at radius 3 is 2.14 bits per heavy atom. The molecule has 1 aromatic rings. The third-order valence-corrected chi connectivity index (χ3v) is 6.93. The molecule has 2 atom stereocenters. The average molecular weight is 588 g/mol. The van der Waals surface area contributed by atoms with E-state index in [2.05, 4.69) is 5.32 Å². The Kier molecular flexibility index (Phi) is 11.0. The molecule has 0 spiro atoms. The number of carbonyl (C=O) groups excluding carboxylic acids is 5. The van der Waals surface area contributed by atoms with Gasteiger partial charge in [0.2, 0.25) is 0 Å². The number of benzene rings is 1. The monoisotopic (exact) mass is 587 g/mol. The van der Waals surface area contributed by atoms with Crippen molar-refractivity contribution in [1.82, 2.24) is 15.1 Å². The number of carbonyl (C=O) groups is 5. The van der Waals surface area contributed by atoms with E-state index in [0.717, 1.165) is 42.6 Å². The molecule has 1 aromatic carbocycles. The number of hydrogen-bond donors (Lipinski definition) is 1. The van der Waals surface area contributed by atoms with Crippen molar-refractivity contribution in [3.63, 3.8) is 0 Å². The lowest BCUT2D eigenvalue weighted by Gasteiger charge is -2.31. The van der Waals surface area contributed by atoms with E-state index < -0.39 is 53.3 Å². The quantitative estimate of drug-likeness (QED) is 0.325. The first kappa shape index (κ1) is 32.9. The van der Waals surface area contributed by atoms with E-state index in [1.165, 1.54) is 0 Å². The van der Waals surface area contributed by atoms with Crippen LogP contribution in [0.1, 0.15) is 92.1 Å². The van der Waals surface area contributed by atoms with Crippen LogP contribution in [0.2, 0.25) is 0 Å². The van der Waals surface area contributed by atoms with Gasteiger partial charge >= 0.3 is 24.1 Å². The maximum atomic E-state index is 14.0. The molecule has 3 rings (SSSR count). The van der Waals surface area contributed by atoms with Gasteiger partial charge in [-0.05, 0) is 66.4 Å². The Hall–Kier alpha value is -3.63. The lowest BCUT2D eigenvalue weighted by Crippen LogP contribution is -2.55. The molecule has 2 fully saturated rings. The Labute approximate surface area is 248 Å². The first-order valence-corrected chi connectivity index (χ1v) is 14.7. The molecule has 1 unspecified atom stereocenters. The molecule has 2 aliphatic rings. The lowest BCUT2D eigenvalue weighted by molar-refractivity contribution is -0.162. The number of ether oxygens (including phenoxy) is 3. The Morgan fingerprint density at radius 2 is 1.55 bits per heavy atom. The zero-order chi connectivity index (χ0) is 31.1. The number of amides is 4. The average Bonchev–Trinajstić information content (AvgIpc) is 3.25. The predicted octanol–water partition coefficient (Wildman–Crippen LogP) is 4.71. The molecule has 232 valence electrons. The summed E-state index contributed by atoms with van der Waals surface area (Å²) in [6.07, 6.45) is 3.26. The molecule has 42 heavy (non-hydrogen) atoms. The van der Waals surface area contributed by atoms with Gasteiger partial charge in [-0.1, -0.05) is 49.6 Å². The zero-order valence-electron chi connectivity index (χ0n) is 25.6. The molecule has 1 N–H and O–H groups in total. The van der Waals surface area contributed by atoms with E-state index in [4.69, 9.17) is 14.2 Å². The van der Waals surface area contributed by atoms with Gasteiger partial charge in [-0.2, -0.15) is 0 Å². The van der Waals surface area contributed by atoms with Crippen LogP contribution in [0, 0.1) is 0 Å². The molecule has 1 saturated carbocycles. The second-order valence-electron chi connectivity index (χ2n) is 12.9. The van der Waals surface area contributed by atoms with Crippen molar-refractivity contribution < 1.29 is 38.2 Å². The largest absolute Gasteiger partial charge is 0.461 e. The molecule has 11 nitrogen and oxygen atoms in total. The highest BCUT2D eigenvalue weighted by molar-refractivity contribution is 6.04. The minimum Gasteiger partial charge on any atom is -0.461 e. The molecule has 1 saturated heterocycles. The minimum absolute atomic E-state index is 0.00241. The maximum Gasteiger partial charge on any atom is 0.408 e. The molecule has 1 aliphatic carbocycles. The van der Waals surface area contributed by atoms with E-state index >= 15 is 0 Å². The third kappa shape index (κ3) is 9.73. The van der Waals surface area contributed by atoms with Gasteiger partial charge in [0.25, 0.3) is 5.91 Å². The van der Waals surface area contributed by atoms with Gasteiger partial charge in [0, 0.05) is 12.5 Å². The zero-order valence-corrected chi connectivity index (χ0v) is 25.6. The second kappa shape index (κ2) is 14.0. The van der Waals surface area contributed by atoms with Gasteiger partial charge < -0.3 is 24.4 Å². The number of urea groups is 1. The van der Waals surface area contributed by atoms with Crippen molar-refractivity contribution in [2.75, 3.05) is 6.54 Å². The van der Waals surface area contributed by atoms with Crippen LogP contribution < -0.4 is 5.32 Å². The van der Waals surface area contributed by atoms with Crippen LogP contribution in [-0.2, 0) is 35.2 Å². The number of nitrogens with one attached hydrogen (secondary N) is 1. The highest BCUT2D eigenvalue weighted by atomic mass is 16.6. The first-order valence-electron chi connectivity index (χ1n) is 14.7. The minimum atomic E-state index is -1.33. The molecule has 4 amide bonds. The van der Waals surface area contributed by atoms with Crippen molar-refractivity contribution in [2.45, 2.75) is 122 Å². The van der Waals surface area contributed by atoms with Crippen LogP contribution in [0.15, 0.2) is 30.3 Å². The normalized spacial score (nSPS) is 18.8. The van der Waals surface area contributed by atoms with Crippen LogP contribution in [-0.4, -0.2) is 75.6 Å². The number of hydrogen-bond acceptors (Lipinski definition) is 8. The number of esters is 2. The number of nitrogens with zero attached hydrogens (tertiary/aromatic N) is 2. The second-order valence-corrected chi connectivity index (χ2v) is 12.9. The van der Waals surface area contributed by atoms with Crippen molar-refractivity contribution in [3.8, 4) is 0 Å². The summed E-state index contributed by atoms with van der Waals surface area (Å²) in [5, 5.41) is 2.52. The van der Waals surface area contributed by atoms with E-state index in [9.17, 15) is 24.0 Å². The molecular formula is C31H45N3O8. The molecule has 1 aliphatic heterocycles. The number of alkyl carbamates (subject to hydrolysis) is 1. The smallest absolute Gasteiger partial charge is 0.408 e. The van der Waals surface area contributed by atoms with Crippen LogP contribution in [0.3, 0.4) is 0 Å². The summed E-state index contributed by atoms with van der Waals surface area (Å²) < 4.78 is 16.3. The van der Waals surface area contributed by atoms with Gasteiger partial charge in [-0.3, -0.25) is 9.59 Å². The fourth-order valence-electron chi connectivity index (χ4n) is 5.06. The highest BCUT2D eigenvalue weighted by Crippen LogP contribution is 2.30. The molecule has 11 heteroatoms. The molecule has 0 bridgehead atoms. The fraction of sp³-hybridized carbons (Fsp3) is 0.645. The molecule has 0 radical (unpaired) electrons. The first-order chi connectivity index (χ1) is 19.6. The highest BCUT2D eigenvalue weighted by Gasteiger charge is 2.50. The molecule has 1 heterocycles. The van der Waals surface area contributed by atoms with Crippen molar-refractivity contribution in [1.29, 1.82) is 0 Å². The topological polar surface area (TPSA) is 132 Å². The van der Waals surface area contributed by atoms with Crippen molar-refractivity contribution in [3.05, 3.63) is 35.9 Å². The summed E-state index contributed by atoms with van der Waals surface area (Å²) >= 11 is 0. The Balaban J connectivity index is 1.82. The summed E-state index contributed by atoms with van der Waals surface area (Å²) in [5.41, 5.74) is -0.896. The van der Waals surface area contributed by atoms with Gasteiger partial charge in [0.05, 0.1) is 6.54 Å². The van der Waals surface area contributed by atoms with Gasteiger partial charge in [-0.15, -0.1) is 0 Å². The number of rotatable bonds is 9. The van der Waals surface area contributed by atoms with E-state index in [1.54, 1.807) is 46.4 Å². The number of imide groups is 1. The van der Waals surface area contributed by atoms with Crippen LogP contribution >= 0.6 is 0 Å². The van der Waals surface area contributed by atoms with Crippen molar-refractivity contribution >= 4 is 30.0 Å². The SMILES string of the molecule is CC(C)(C)OC(=O)NC(CCC(=O)OCc1ccccc1)C(=O)N1C(=O)N(C2CCCCC2)C[C@H]1C(=O)OC(C)(C)C. The Bertz CT molecular complexity index is 1120. The summed E-state index contributed by atoms with van der Waals surface area (Å²) in [7, 11) is 0. The van der Waals surface area contributed by atoms with Gasteiger partial charge in [0.1, 0.15) is 23.9 Å². The van der Waals surface area contributed by atoms with E-state index in [1.807, 2.05) is 30.3 Å². The van der Waals surface area contributed by atoms with Crippen LogP contribution in [0.25, 0.3) is 0 Å². The van der Waals surface area contributed by atoms with E-state index in [-0.39, 0.29) is 32.0 Å². The lowest BCUT2D eigenvalue weighted by atomic mass is 9.94. The summed E-state index contributed by atoms with van der Waals surface area (Å²) in [6, 6.07) is 5.91. The summed E-state index contributed by atoms with van der Waals surface area (Å²) in [6.45, 7) is 10.2. The third-order valence-electron chi connectivity index (χ3n) is 6.93. The van der Waals surface area contributed by atoms with Crippen molar-refractivity contribution in [2.24, 2.45) is 0 Å². The predicted molar refractivity (Wildman–Crippen MR) is 154 cm³/mol. The van der Waals surface area contributed by atoms with E-state index in [0.29, 0.717) is 0 Å². The maximum absolute atomic E-state index is 14.0. The van der Waals surface area contributed by atoms with Gasteiger partial charge in [0.15, 0.2) is 6.04 Å². The summed E-state index contributed by atoms with van der Waals surface area (Å²) in [4.78, 5) is 68.8. The Morgan fingerprint density at radius 1 is 0.929 bits per heavy atom. The van der Waals surface area contributed by atoms with Gasteiger partial charge in [-0.25, -0.2) is 19.3 Å². The summed E-state index contributed by atoms with van der Waals surface area (Å²) in [5.74, 6) is -2.10. The standard InChI is InChI=1S/C31H45N3O8/c1-30(2,3)41-27(37)24-19-33(22-15-11-8-12-16-22)29(39)34(24)26(36)23(32-28(38)42-31(4,5)6)17-18-25(35)40-20-21-13-9-7-10-14-21/h7,9-10,13-14,22-24H,8,11-12,15-20H2,1-6H3,(H,32,38)/t23?,24-/m0/s1. The van der Waals surface area contributed by atoms with Crippen LogP contribution in [0.5, 0.6) is 0 Å². The fourth-order valence-corrected chi connectivity index (χ4v) is 5.06. The molecule has 0 aromatic heterocycles. The molecular weight excluding hydrogens is 542 g/mol. The van der Waals surface area contributed by atoms with Crippen LogP contribution in [0.4, 0.5) is 9.59 Å².